The van der Waals surface area contributed by atoms with Crippen LogP contribution in [-0.4, -0.2) is 108 Å². The van der Waals surface area contributed by atoms with E-state index in [2.05, 4.69) is 4.90 Å². The van der Waals surface area contributed by atoms with Gasteiger partial charge in [0.05, 0.1) is 19.1 Å². The third kappa shape index (κ3) is 4.52. The van der Waals surface area contributed by atoms with Crippen LogP contribution in [0.5, 0.6) is 11.5 Å². The van der Waals surface area contributed by atoms with Crippen molar-refractivity contribution in [3.8, 4) is 11.5 Å². The summed E-state index contributed by atoms with van der Waals surface area (Å²) in [5.41, 5.74) is 0. The average molecular weight is 449 g/mol. The molecule has 0 spiro atoms. The Bertz CT molecular complexity index is 921. The molecule has 2 aliphatic heterocycles. The van der Waals surface area contributed by atoms with Gasteiger partial charge >= 0.3 is 0 Å². The van der Waals surface area contributed by atoms with Gasteiger partial charge in [0.2, 0.25) is 10.0 Å². The Labute approximate surface area is 172 Å². The van der Waals surface area contributed by atoms with Crippen molar-refractivity contribution in [2.24, 2.45) is 0 Å². The topological polar surface area (TPSA) is 99.7 Å². The van der Waals surface area contributed by atoms with E-state index in [1.54, 1.807) is 6.07 Å². The van der Waals surface area contributed by atoms with E-state index in [0.717, 1.165) is 0 Å². The Morgan fingerprint density at radius 3 is 1.72 bits per heavy atom. The summed E-state index contributed by atoms with van der Waals surface area (Å²) >= 11 is 0. The Morgan fingerprint density at radius 1 is 0.724 bits per heavy atom. The van der Waals surface area contributed by atoms with Gasteiger partial charge in [-0.05, 0) is 19.2 Å². The number of benzene rings is 1. The second-order valence-corrected chi connectivity index (χ2v) is 10.9. The van der Waals surface area contributed by atoms with Crippen LogP contribution in [-0.2, 0) is 20.2 Å². The largest absolute Gasteiger partial charge is 0.493 e. The van der Waals surface area contributed by atoms with Crippen molar-refractivity contribution in [2.45, 2.75) is 4.90 Å². The van der Waals surface area contributed by atoms with E-state index in [1.807, 2.05) is 7.05 Å². The second kappa shape index (κ2) is 8.74. The molecule has 12 heteroatoms. The van der Waals surface area contributed by atoms with Crippen molar-refractivity contribution in [1.29, 1.82) is 0 Å². The molecule has 0 unspecified atom stereocenters. The molecule has 0 radical (unpaired) electrons. The van der Waals surface area contributed by atoms with E-state index in [9.17, 15) is 16.8 Å². The van der Waals surface area contributed by atoms with Crippen LogP contribution in [0.3, 0.4) is 0 Å². The van der Waals surface area contributed by atoms with Crippen molar-refractivity contribution >= 4 is 20.2 Å². The molecule has 10 nitrogen and oxygen atoms in total. The number of likely N-dealkylation sites (N-methyl/N-ethyl adjacent to an activating group) is 1. The van der Waals surface area contributed by atoms with Crippen LogP contribution < -0.4 is 9.47 Å². The molecule has 0 N–H and O–H groups in total. The molecule has 0 aromatic heterocycles. The molecule has 1 aromatic carbocycles. The van der Waals surface area contributed by atoms with Gasteiger partial charge in [0.25, 0.3) is 10.2 Å². The van der Waals surface area contributed by atoms with Crippen molar-refractivity contribution in [1.82, 2.24) is 17.8 Å². The van der Waals surface area contributed by atoms with Gasteiger partial charge in [0.1, 0.15) is 0 Å². The first-order valence-corrected chi connectivity index (χ1v) is 12.2. The van der Waals surface area contributed by atoms with Crippen molar-refractivity contribution in [3.63, 3.8) is 0 Å². The minimum absolute atomic E-state index is 0.0884. The third-order valence-electron chi connectivity index (χ3n) is 5.31. The van der Waals surface area contributed by atoms with Crippen molar-refractivity contribution in [3.05, 3.63) is 18.2 Å². The molecule has 0 saturated carbocycles. The van der Waals surface area contributed by atoms with E-state index >= 15 is 0 Å². The lowest BCUT2D eigenvalue weighted by Gasteiger charge is -2.38. The van der Waals surface area contributed by atoms with E-state index in [0.29, 0.717) is 37.7 Å². The normalized spacial score (nSPS) is 21.2. The average Bonchev–Trinajstić information content (AvgIpc) is 2.73. The number of hydrogen-bond donors (Lipinski definition) is 0. The van der Waals surface area contributed by atoms with Crippen LogP contribution in [0.1, 0.15) is 0 Å². The summed E-state index contributed by atoms with van der Waals surface area (Å²) in [4.78, 5) is 2.17. The van der Waals surface area contributed by atoms with Crippen LogP contribution in [0.4, 0.5) is 0 Å². The lowest BCUT2D eigenvalue weighted by molar-refractivity contribution is 0.201. The Morgan fingerprint density at radius 2 is 1.21 bits per heavy atom. The summed E-state index contributed by atoms with van der Waals surface area (Å²) in [6.07, 6.45) is 0. The first-order valence-electron chi connectivity index (χ1n) is 9.36. The number of rotatable bonds is 6. The number of nitrogens with zero attached hydrogens (tertiary/aromatic N) is 4. The highest BCUT2D eigenvalue weighted by molar-refractivity contribution is 7.89. The molecule has 2 saturated heterocycles. The zero-order chi connectivity index (χ0) is 21.2. The number of hydrogen-bond acceptors (Lipinski definition) is 7. The SMILES string of the molecule is COc1ccc(S(=O)(=O)N2CCN(S(=O)(=O)N3CCN(C)CC3)CC2)cc1OC. The first kappa shape index (κ1) is 22.2. The summed E-state index contributed by atoms with van der Waals surface area (Å²) in [6, 6.07) is 4.42. The summed E-state index contributed by atoms with van der Waals surface area (Å²) in [5.74, 6) is 0.763. The number of ether oxygens (including phenoxy) is 2. The summed E-state index contributed by atoms with van der Waals surface area (Å²) in [5, 5.41) is 0. The van der Waals surface area contributed by atoms with Crippen molar-refractivity contribution < 1.29 is 26.3 Å². The first-order chi connectivity index (χ1) is 13.7. The zero-order valence-electron chi connectivity index (χ0n) is 16.9. The zero-order valence-corrected chi connectivity index (χ0v) is 18.6. The molecule has 0 aliphatic carbocycles. The lowest BCUT2D eigenvalue weighted by atomic mass is 10.3. The fraction of sp³-hybridized carbons (Fsp3) is 0.647. The minimum Gasteiger partial charge on any atom is -0.493 e. The van der Waals surface area contributed by atoms with Crippen LogP contribution in [0, 0.1) is 0 Å². The fourth-order valence-electron chi connectivity index (χ4n) is 3.45. The van der Waals surface area contributed by atoms with E-state index < -0.39 is 20.2 Å². The van der Waals surface area contributed by atoms with Gasteiger partial charge in [0.15, 0.2) is 11.5 Å². The summed E-state index contributed by atoms with van der Waals surface area (Å²) in [7, 11) is -2.47. The van der Waals surface area contributed by atoms with Gasteiger partial charge in [-0.2, -0.15) is 21.3 Å². The number of piperazine rings is 2. The molecule has 2 heterocycles. The molecule has 2 fully saturated rings. The quantitative estimate of drug-likeness (QED) is 0.579. The highest BCUT2D eigenvalue weighted by Gasteiger charge is 2.37. The monoisotopic (exact) mass is 448 g/mol. The smallest absolute Gasteiger partial charge is 0.282 e. The fourth-order valence-corrected chi connectivity index (χ4v) is 6.46. The molecule has 0 atom stereocenters. The van der Waals surface area contributed by atoms with Gasteiger partial charge in [-0.15, -0.1) is 0 Å². The molecule has 29 heavy (non-hydrogen) atoms. The lowest BCUT2D eigenvalue weighted by Crippen LogP contribution is -2.57. The second-order valence-electron chi connectivity index (χ2n) is 7.03. The number of sulfonamides is 1. The molecule has 0 bridgehead atoms. The Kier molecular flexibility index (Phi) is 6.70. The maximum atomic E-state index is 13.0. The van der Waals surface area contributed by atoms with Gasteiger partial charge in [0, 0.05) is 58.4 Å². The summed E-state index contributed by atoms with van der Waals surface area (Å²) in [6.45, 7) is 2.72. The minimum atomic E-state index is -3.76. The molecular weight excluding hydrogens is 420 g/mol. The molecule has 0 amide bonds. The predicted octanol–water partition coefficient (Wildman–Crippen LogP) is -0.498. The standard InChI is InChI=1S/C17H28N4O6S2/c1-18-6-8-20(9-7-18)29(24,25)21-12-10-19(11-13-21)28(22,23)15-4-5-16(26-2)17(14-15)27-3/h4-5,14H,6-13H2,1-3H3. The van der Waals surface area contributed by atoms with Gasteiger partial charge in [-0.25, -0.2) is 8.42 Å². The van der Waals surface area contributed by atoms with Gasteiger partial charge in [-0.1, -0.05) is 0 Å². The molecule has 3 rings (SSSR count). The van der Waals surface area contributed by atoms with Crippen LogP contribution >= 0.6 is 0 Å². The highest BCUT2D eigenvalue weighted by atomic mass is 32.2. The molecule has 164 valence electrons. The maximum Gasteiger partial charge on any atom is 0.282 e. The van der Waals surface area contributed by atoms with Crippen LogP contribution in [0.25, 0.3) is 0 Å². The van der Waals surface area contributed by atoms with E-state index in [4.69, 9.17) is 9.47 Å². The molecule has 1 aromatic rings. The molecule has 2 aliphatic rings. The highest BCUT2D eigenvalue weighted by Crippen LogP contribution is 2.31. The van der Waals surface area contributed by atoms with Crippen LogP contribution in [0.15, 0.2) is 23.1 Å². The third-order valence-corrected chi connectivity index (χ3v) is 9.24. The van der Waals surface area contributed by atoms with Gasteiger partial charge < -0.3 is 14.4 Å². The Balaban J connectivity index is 1.70. The van der Waals surface area contributed by atoms with Crippen molar-refractivity contribution in [2.75, 3.05) is 73.6 Å². The Hall–Kier alpha value is -1.44. The summed E-state index contributed by atoms with van der Waals surface area (Å²) < 4.78 is 66.2. The molecular formula is C17H28N4O6S2. The van der Waals surface area contributed by atoms with E-state index in [-0.39, 0.29) is 31.1 Å². The maximum absolute atomic E-state index is 13.0. The van der Waals surface area contributed by atoms with E-state index in [1.165, 1.54) is 39.3 Å². The number of methoxy groups -OCH3 is 2. The van der Waals surface area contributed by atoms with Crippen LogP contribution in [0.2, 0.25) is 0 Å². The van der Waals surface area contributed by atoms with Gasteiger partial charge in [-0.3, -0.25) is 0 Å². The predicted molar refractivity (Wildman–Crippen MR) is 108 cm³/mol.